The number of carboxylic acids is 1. The van der Waals surface area contributed by atoms with Crippen LogP contribution in [0.3, 0.4) is 0 Å². The average Bonchev–Trinajstić information content (AvgIpc) is 2.43. The molecule has 3 nitrogen and oxygen atoms in total. The summed E-state index contributed by atoms with van der Waals surface area (Å²) in [5, 5.41) is 18.7. The number of aliphatic carboxylic acids is 1. The summed E-state index contributed by atoms with van der Waals surface area (Å²) in [6, 6.07) is 1.98. The summed E-state index contributed by atoms with van der Waals surface area (Å²) in [5.74, 6) is -0.815. The molecule has 0 aliphatic heterocycles. The van der Waals surface area contributed by atoms with Crippen LogP contribution in [0.1, 0.15) is 41.2 Å². The summed E-state index contributed by atoms with van der Waals surface area (Å²) in [6.45, 7) is 5.85. The molecule has 0 saturated carbocycles. The molecular formula is C12H18O3S. The van der Waals surface area contributed by atoms with Gasteiger partial charge in [0.25, 0.3) is 0 Å². The quantitative estimate of drug-likeness (QED) is 0.834. The summed E-state index contributed by atoms with van der Waals surface area (Å²) in [7, 11) is 0. The normalized spacial score (nSPS) is 14.8. The maximum Gasteiger partial charge on any atom is 0.303 e. The molecule has 2 atom stereocenters. The molecule has 0 aliphatic carbocycles. The van der Waals surface area contributed by atoms with E-state index in [-0.39, 0.29) is 12.3 Å². The van der Waals surface area contributed by atoms with Crippen molar-refractivity contribution >= 4 is 17.3 Å². The van der Waals surface area contributed by atoms with Gasteiger partial charge in [0, 0.05) is 16.2 Å². The van der Waals surface area contributed by atoms with Gasteiger partial charge in [-0.05, 0) is 37.8 Å². The van der Waals surface area contributed by atoms with Gasteiger partial charge in [0.2, 0.25) is 0 Å². The predicted octanol–water partition coefficient (Wildman–Crippen LogP) is 2.90. The molecule has 4 heteroatoms. The molecule has 0 amide bonds. The van der Waals surface area contributed by atoms with E-state index in [1.165, 1.54) is 4.88 Å². The van der Waals surface area contributed by atoms with Gasteiger partial charge in [-0.2, -0.15) is 0 Å². The highest BCUT2D eigenvalue weighted by Gasteiger charge is 2.17. The fraction of sp³-hybridized carbons (Fsp3) is 0.583. The van der Waals surface area contributed by atoms with Crippen LogP contribution in [0.15, 0.2) is 6.07 Å². The lowest BCUT2D eigenvalue weighted by molar-refractivity contribution is -0.138. The van der Waals surface area contributed by atoms with Gasteiger partial charge in [-0.25, -0.2) is 0 Å². The Morgan fingerprint density at radius 1 is 1.50 bits per heavy atom. The van der Waals surface area contributed by atoms with E-state index >= 15 is 0 Å². The van der Waals surface area contributed by atoms with E-state index in [4.69, 9.17) is 5.11 Å². The van der Waals surface area contributed by atoms with Crippen molar-refractivity contribution in [2.45, 2.75) is 39.7 Å². The topological polar surface area (TPSA) is 57.5 Å². The molecule has 90 valence electrons. The standard InChI is InChI=1S/C12H18O3S/c1-7(5-12(14)15)4-11(13)10-6-8(2)16-9(10)3/h6-7,11,13H,4-5H2,1-3H3,(H,14,15). The van der Waals surface area contributed by atoms with Crippen molar-refractivity contribution in [1.82, 2.24) is 0 Å². The lowest BCUT2D eigenvalue weighted by Gasteiger charge is -2.14. The highest BCUT2D eigenvalue weighted by atomic mass is 32.1. The minimum atomic E-state index is -0.807. The van der Waals surface area contributed by atoms with Gasteiger partial charge in [-0.3, -0.25) is 4.79 Å². The van der Waals surface area contributed by atoms with Crippen LogP contribution in [0.5, 0.6) is 0 Å². The van der Waals surface area contributed by atoms with Crippen molar-refractivity contribution in [1.29, 1.82) is 0 Å². The third-order valence-electron chi connectivity index (χ3n) is 2.59. The fourth-order valence-electron chi connectivity index (χ4n) is 1.87. The third kappa shape index (κ3) is 3.61. The van der Waals surface area contributed by atoms with Crippen molar-refractivity contribution in [2.24, 2.45) is 5.92 Å². The van der Waals surface area contributed by atoms with E-state index in [9.17, 15) is 9.90 Å². The number of aryl methyl sites for hydroxylation is 2. The zero-order valence-corrected chi connectivity index (χ0v) is 10.7. The lowest BCUT2D eigenvalue weighted by atomic mass is 9.96. The van der Waals surface area contributed by atoms with Gasteiger partial charge in [-0.1, -0.05) is 6.92 Å². The number of hydrogen-bond donors (Lipinski definition) is 2. The zero-order chi connectivity index (χ0) is 12.3. The molecule has 0 aliphatic rings. The van der Waals surface area contributed by atoms with E-state index in [2.05, 4.69) is 0 Å². The van der Waals surface area contributed by atoms with Crippen LogP contribution in [0.2, 0.25) is 0 Å². The molecule has 2 unspecified atom stereocenters. The lowest BCUT2D eigenvalue weighted by Crippen LogP contribution is -2.09. The highest BCUT2D eigenvalue weighted by molar-refractivity contribution is 7.12. The number of aliphatic hydroxyl groups excluding tert-OH is 1. The van der Waals surface area contributed by atoms with Crippen LogP contribution in [0.25, 0.3) is 0 Å². The van der Waals surface area contributed by atoms with Gasteiger partial charge in [0.1, 0.15) is 0 Å². The second-order valence-electron chi connectivity index (χ2n) is 4.32. The summed E-state index contributed by atoms with van der Waals surface area (Å²) in [6.07, 6.45) is 0.0713. The zero-order valence-electron chi connectivity index (χ0n) is 9.86. The Hall–Kier alpha value is -0.870. The Morgan fingerprint density at radius 2 is 2.12 bits per heavy atom. The Bertz CT molecular complexity index is 370. The second-order valence-corrected chi connectivity index (χ2v) is 5.78. The number of hydrogen-bond acceptors (Lipinski definition) is 3. The molecule has 0 spiro atoms. The molecule has 0 radical (unpaired) electrons. The minimum absolute atomic E-state index is 0.00731. The Kier molecular flexibility index (Phi) is 4.50. The van der Waals surface area contributed by atoms with Gasteiger partial charge in [-0.15, -0.1) is 11.3 Å². The smallest absolute Gasteiger partial charge is 0.303 e. The molecule has 1 aromatic heterocycles. The second kappa shape index (κ2) is 5.46. The number of rotatable bonds is 5. The maximum absolute atomic E-state index is 10.5. The first-order chi connectivity index (χ1) is 7.40. The summed E-state index contributed by atoms with van der Waals surface area (Å²) >= 11 is 1.66. The van der Waals surface area contributed by atoms with E-state index in [1.807, 2.05) is 26.8 Å². The molecule has 0 bridgehead atoms. The fourth-order valence-corrected chi connectivity index (χ4v) is 2.85. The average molecular weight is 242 g/mol. The summed E-state index contributed by atoms with van der Waals surface area (Å²) < 4.78 is 0. The molecule has 0 saturated heterocycles. The molecule has 1 heterocycles. The summed E-state index contributed by atoms with van der Waals surface area (Å²) in [5.41, 5.74) is 0.944. The Labute approximate surface area is 99.7 Å². The van der Waals surface area contributed by atoms with Crippen LogP contribution in [-0.2, 0) is 4.79 Å². The van der Waals surface area contributed by atoms with Gasteiger partial charge in [0.15, 0.2) is 0 Å². The monoisotopic (exact) mass is 242 g/mol. The molecule has 0 aromatic carbocycles. The minimum Gasteiger partial charge on any atom is -0.481 e. The van der Waals surface area contributed by atoms with E-state index < -0.39 is 12.1 Å². The number of carboxylic acid groups (broad SMARTS) is 1. The third-order valence-corrected chi connectivity index (χ3v) is 3.57. The Morgan fingerprint density at radius 3 is 2.56 bits per heavy atom. The van der Waals surface area contributed by atoms with Crippen molar-refractivity contribution in [3.05, 3.63) is 21.4 Å². The molecule has 1 rings (SSSR count). The molecule has 16 heavy (non-hydrogen) atoms. The maximum atomic E-state index is 10.5. The Balaban J connectivity index is 2.61. The van der Waals surface area contributed by atoms with Gasteiger partial charge < -0.3 is 10.2 Å². The number of thiophene rings is 1. The molecule has 0 fully saturated rings. The van der Waals surface area contributed by atoms with Crippen LogP contribution >= 0.6 is 11.3 Å². The van der Waals surface area contributed by atoms with Gasteiger partial charge >= 0.3 is 5.97 Å². The van der Waals surface area contributed by atoms with E-state index in [0.29, 0.717) is 6.42 Å². The first-order valence-corrected chi connectivity index (χ1v) is 6.18. The molecule has 2 N–H and O–H groups in total. The first-order valence-electron chi connectivity index (χ1n) is 5.37. The van der Waals surface area contributed by atoms with E-state index in [1.54, 1.807) is 11.3 Å². The first kappa shape index (κ1) is 13.2. The highest BCUT2D eigenvalue weighted by Crippen LogP contribution is 2.30. The van der Waals surface area contributed by atoms with Crippen LogP contribution in [-0.4, -0.2) is 16.2 Å². The van der Waals surface area contributed by atoms with Crippen LogP contribution in [0, 0.1) is 19.8 Å². The number of carbonyl (C=O) groups is 1. The van der Waals surface area contributed by atoms with Crippen LogP contribution in [0.4, 0.5) is 0 Å². The van der Waals surface area contributed by atoms with Crippen molar-refractivity contribution < 1.29 is 15.0 Å². The largest absolute Gasteiger partial charge is 0.481 e. The summed E-state index contributed by atoms with van der Waals surface area (Å²) in [4.78, 5) is 12.8. The SMILES string of the molecule is Cc1cc(C(O)CC(C)CC(=O)O)c(C)s1. The van der Waals surface area contributed by atoms with Crippen molar-refractivity contribution in [2.75, 3.05) is 0 Å². The molecular weight excluding hydrogens is 224 g/mol. The molecule has 1 aromatic rings. The number of aliphatic hydroxyl groups is 1. The predicted molar refractivity (Wildman–Crippen MR) is 64.8 cm³/mol. The van der Waals surface area contributed by atoms with E-state index in [0.717, 1.165) is 10.4 Å². The van der Waals surface area contributed by atoms with Crippen LogP contribution < -0.4 is 0 Å². The van der Waals surface area contributed by atoms with Crippen molar-refractivity contribution in [3.8, 4) is 0 Å². The van der Waals surface area contributed by atoms with Crippen molar-refractivity contribution in [3.63, 3.8) is 0 Å². The van der Waals surface area contributed by atoms with Gasteiger partial charge in [0.05, 0.1) is 6.10 Å².